The highest BCUT2D eigenvalue weighted by atomic mass is 32.2. The van der Waals surface area contributed by atoms with Crippen LogP contribution in [0.15, 0.2) is 52.9 Å². The van der Waals surface area contributed by atoms with E-state index in [-0.39, 0.29) is 5.91 Å². The van der Waals surface area contributed by atoms with Crippen LogP contribution in [0.4, 0.5) is 0 Å². The van der Waals surface area contributed by atoms with Gasteiger partial charge in [0.1, 0.15) is 0 Å². The van der Waals surface area contributed by atoms with E-state index in [0.29, 0.717) is 36.6 Å². The molecule has 8 heteroatoms. The van der Waals surface area contributed by atoms with E-state index in [1.807, 2.05) is 19.1 Å². The number of amides is 1. The van der Waals surface area contributed by atoms with Gasteiger partial charge in [-0.05, 0) is 37.3 Å². The van der Waals surface area contributed by atoms with Crippen LogP contribution in [0, 0.1) is 6.92 Å². The fourth-order valence-electron chi connectivity index (χ4n) is 3.16. The van der Waals surface area contributed by atoms with Crippen LogP contribution in [-0.4, -0.2) is 54.7 Å². The topological polar surface area (TPSA) is 70.6 Å². The summed E-state index contributed by atoms with van der Waals surface area (Å²) in [5.41, 5.74) is 4.27. The number of hydrogen-bond acceptors (Lipinski definition) is 5. The maximum absolute atomic E-state index is 12.8. The zero-order valence-electron chi connectivity index (χ0n) is 14.8. The summed E-state index contributed by atoms with van der Waals surface area (Å²) in [5.74, 6) is -0.0716. The van der Waals surface area contributed by atoms with Gasteiger partial charge < -0.3 is 4.90 Å². The molecule has 1 amide bonds. The van der Waals surface area contributed by atoms with Gasteiger partial charge in [-0.25, -0.2) is 13.4 Å². The van der Waals surface area contributed by atoms with E-state index in [0.717, 1.165) is 15.8 Å². The monoisotopic (exact) mass is 401 g/mol. The summed E-state index contributed by atoms with van der Waals surface area (Å²) < 4.78 is 28.0. The van der Waals surface area contributed by atoms with Crippen molar-refractivity contribution in [3.63, 3.8) is 0 Å². The van der Waals surface area contributed by atoms with Crippen LogP contribution in [0.25, 0.3) is 10.2 Å². The number of sulfonamides is 1. The van der Waals surface area contributed by atoms with Gasteiger partial charge in [-0.2, -0.15) is 4.31 Å². The smallest absolute Gasteiger partial charge is 0.253 e. The Balaban J connectivity index is 1.46. The van der Waals surface area contributed by atoms with Gasteiger partial charge in [0.15, 0.2) is 0 Å². The predicted molar refractivity (Wildman–Crippen MR) is 105 cm³/mol. The lowest BCUT2D eigenvalue weighted by molar-refractivity contribution is 0.0698. The molecule has 3 aromatic rings. The third-order valence-corrected chi connectivity index (χ3v) is 7.47. The van der Waals surface area contributed by atoms with Crippen molar-refractivity contribution in [1.29, 1.82) is 0 Å². The van der Waals surface area contributed by atoms with Crippen molar-refractivity contribution in [2.45, 2.75) is 11.8 Å². The number of piperazine rings is 1. The SMILES string of the molecule is Cc1ccc(S(=O)(=O)N2CCN(C(=O)c3ccc4ncsc4c3)CC2)cc1. The Hall–Kier alpha value is -2.29. The Kier molecular flexibility index (Phi) is 4.71. The van der Waals surface area contributed by atoms with Crippen molar-refractivity contribution < 1.29 is 13.2 Å². The predicted octanol–water partition coefficient (Wildman–Crippen LogP) is 2.75. The van der Waals surface area contributed by atoms with Gasteiger partial charge in [-0.15, -0.1) is 11.3 Å². The summed E-state index contributed by atoms with van der Waals surface area (Å²) in [5, 5.41) is 0. The van der Waals surface area contributed by atoms with Gasteiger partial charge in [0, 0.05) is 31.7 Å². The van der Waals surface area contributed by atoms with Crippen LogP contribution in [0.2, 0.25) is 0 Å². The van der Waals surface area contributed by atoms with E-state index >= 15 is 0 Å². The number of carbonyl (C=O) groups excluding carboxylic acids is 1. The minimum Gasteiger partial charge on any atom is -0.336 e. The number of nitrogens with zero attached hydrogens (tertiary/aromatic N) is 3. The third kappa shape index (κ3) is 3.47. The Morgan fingerprint density at radius 2 is 1.74 bits per heavy atom. The maximum Gasteiger partial charge on any atom is 0.253 e. The highest BCUT2D eigenvalue weighted by Crippen LogP contribution is 2.22. The molecule has 2 heterocycles. The number of aryl methyl sites for hydroxylation is 1. The molecule has 1 aliphatic rings. The summed E-state index contributed by atoms with van der Waals surface area (Å²) in [6, 6.07) is 12.3. The molecule has 0 spiro atoms. The molecule has 27 heavy (non-hydrogen) atoms. The lowest BCUT2D eigenvalue weighted by Crippen LogP contribution is -2.50. The normalized spacial score (nSPS) is 16.0. The molecule has 0 radical (unpaired) electrons. The van der Waals surface area contributed by atoms with Crippen LogP contribution in [0.1, 0.15) is 15.9 Å². The van der Waals surface area contributed by atoms with Gasteiger partial charge in [0.25, 0.3) is 5.91 Å². The molecule has 0 bridgehead atoms. The van der Waals surface area contributed by atoms with Gasteiger partial charge in [0.2, 0.25) is 10.0 Å². The van der Waals surface area contributed by atoms with Crippen molar-refractivity contribution in [3.05, 3.63) is 59.1 Å². The first kappa shape index (κ1) is 18.1. The third-order valence-electron chi connectivity index (χ3n) is 4.76. The Morgan fingerprint density at radius 1 is 1.04 bits per heavy atom. The quantitative estimate of drug-likeness (QED) is 0.677. The van der Waals surface area contributed by atoms with Crippen LogP contribution in [-0.2, 0) is 10.0 Å². The number of rotatable bonds is 3. The minimum atomic E-state index is -3.53. The molecule has 1 fully saturated rings. The molecule has 4 rings (SSSR count). The Bertz CT molecular complexity index is 1080. The molecule has 0 N–H and O–H groups in total. The first-order valence-corrected chi connectivity index (χ1v) is 11.0. The fourth-order valence-corrected chi connectivity index (χ4v) is 5.30. The molecule has 1 saturated heterocycles. The van der Waals surface area contributed by atoms with E-state index in [1.165, 1.54) is 15.6 Å². The molecule has 0 aliphatic carbocycles. The summed E-state index contributed by atoms with van der Waals surface area (Å²) in [6.45, 7) is 3.27. The average molecular weight is 402 g/mol. The zero-order chi connectivity index (χ0) is 19.0. The number of carbonyl (C=O) groups is 1. The maximum atomic E-state index is 12.8. The number of fused-ring (bicyclic) bond motifs is 1. The summed E-state index contributed by atoms with van der Waals surface area (Å²) in [6.07, 6.45) is 0. The van der Waals surface area contributed by atoms with Crippen LogP contribution in [0.5, 0.6) is 0 Å². The number of aromatic nitrogens is 1. The van der Waals surface area contributed by atoms with Crippen LogP contribution < -0.4 is 0 Å². The second-order valence-electron chi connectivity index (χ2n) is 6.54. The summed E-state index contributed by atoms with van der Waals surface area (Å²) in [7, 11) is -3.53. The molecule has 140 valence electrons. The molecule has 1 aliphatic heterocycles. The molecule has 0 saturated carbocycles. The van der Waals surface area contributed by atoms with Crippen molar-refractivity contribution >= 4 is 37.5 Å². The van der Waals surface area contributed by atoms with E-state index < -0.39 is 10.0 Å². The number of thiazole rings is 1. The second-order valence-corrected chi connectivity index (χ2v) is 9.37. The van der Waals surface area contributed by atoms with Gasteiger partial charge in [-0.3, -0.25) is 4.79 Å². The lowest BCUT2D eigenvalue weighted by atomic mass is 10.2. The first-order chi connectivity index (χ1) is 12.9. The van der Waals surface area contributed by atoms with E-state index in [1.54, 1.807) is 40.7 Å². The molecule has 6 nitrogen and oxygen atoms in total. The fraction of sp³-hybridized carbons (Fsp3) is 0.263. The summed E-state index contributed by atoms with van der Waals surface area (Å²) in [4.78, 5) is 19.0. The number of hydrogen-bond donors (Lipinski definition) is 0. The van der Waals surface area contributed by atoms with Crippen molar-refractivity contribution in [1.82, 2.24) is 14.2 Å². The standard InChI is InChI=1S/C19H19N3O3S2/c1-14-2-5-16(6-3-14)27(24,25)22-10-8-21(9-11-22)19(23)15-4-7-17-18(12-15)26-13-20-17/h2-7,12-13H,8-11H2,1H3. The van der Waals surface area contributed by atoms with Crippen molar-refractivity contribution in [2.75, 3.05) is 26.2 Å². The Morgan fingerprint density at radius 3 is 2.44 bits per heavy atom. The Labute approximate surface area is 162 Å². The second kappa shape index (κ2) is 7.03. The first-order valence-electron chi connectivity index (χ1n) is 8.64. The molecular formula is C19H19N3O3S2. The van der Waals surface area contributed by atoms with Gasteiger partial charge in [-0.1, -0.05) is 17.7 Å². The van der Waals surface area contributed by atoms with Crippen molar-refractivity contribution in [2.24, 2.45) is 0 Å². The highest BCUT2D eigenvalue weighted by molar-refractivity contribution is 7.89. The van der Waals surface area contributed by atoms with E-state index in [9.17, 15) is 13.2 Å². The highest BCUT2D eigenvalue weighted by Gasteiger charge is 2.30. The van der Waals surface area contributed by atoms with Gasteiger partial charge >= 0.3 is 0 Å². The molecule has 0 atom stereocenters. The largest absolute Gasteiger partial charge is 0.336 e. The zero-order valence-corrected chi connectivity index (χ0v) is 16.5. The van der Waals surface area contributed by atoms with Gasteiger partial charge in [0.05, 0.1) is 20.6 Å². The lowest BCUT2D eigenvalue weighted by Gasteiger charge is -2.34. The molecule has 1 aromatic heterocycles. The minimum absolute atomic E-state index is 0.0716. The molecular weight excluding hydrogens is 382 g/mol. The van der Waals surface area contributed by atoms with Crippen LogP contribution in [0.3, 0.4) is 0 Å². The van der Waals surface area contributed by atoms with Crippen LogP contribution >= 0.6 is 11.3 Å². The van der Waals surface area contributed by atoms with Crippen molar-refractivity contribution in [3.8, 4) is 0 Å². The summed E-state index contributed by atoms with van der Waals surface area (Å²) >= 11 is 1.50. The van der Waals surface area contributed by atoms with E-state index in [2.05, 4.69) is 4.98 Å². The molecule has 0 unspecified atom stereocenters. The van der Waals surface area contributed by atoms with E-state index in [4.69, 9.17) is 0 Å². The average Bonchev–Trinajstić information content (AvgIpc) is 3.15. The number of benzene rings is 2. The molecule has 2 aromatic carbocycles.